The Morgan fingerprint density at radius 2 is 2.11 bits per heavy atom. The number of hydrogen-bond acceptors (Lipinski definition) is 5. The predicted octanol–water partition coefficient (Wildman–Crippen LogP) is 6.16. The van der Waals surface area contributed by atoms with E-state index < -0.39 is 5.97 Å². The van der Waals surface area contributed by atoms with E-state index in [0.717, 1.165) is 9.77 Å². The van der Waals surface area contributed by atoms with E-state index in [-0.39, 0.29) is 29.4 Å². The average Bonchev–Trinajstić information content (AvgIpc) is 2.92. The van der Waals surface area contributed by atoms with Crippen LogP contribution in [0.1, 0.15) is 58.3 Å². The third-order valence-electron chi connectivity index (χ3n) is 4.42. The van der Waals surface area contributed by atoms with Gasteiger partial charge in [-0.1, -0.05) is 31.5 Å². The number of ketones is 1. The molecular formula is C20H20ClFO3S2. The van der Waals surface area contributed by atoms with Gasteiger partial charge in [-0.3, -0.25) is 4.79 Å². The van der Waals surface area contributed by atoms with Crippen LogP contribution in [-0.2, 0) is 16.9 Å². The van der Waals surface area contributed by atoms with Crippen molar-refractivity contribution in [3.05, 3.63) is 50.6 Å². The zero-order valence-corrected chi connectivity index (χ0v) is 17.7. The van der Waals surface area contributed by atoms with Gasteiger partial charge in [0.25, 0.3) is 0 Å². The summed E-state index contributed by atoms with van der Waals surface area (Å²) in [6.07, 6.45) is 1.06. The van der Waals surface area contributed by atoms with Crippen LogP contribution in [-0.4, -0.2) is 18.4 Å². The van der Waals surface area contributed by atoms with Gasteiger partial charge in [0.15, 0.2) is 5.78 Å². The molecule has 0 amide bonds. The third kappa shape index (κ3) is 4.23. The van der Waals surface area contributed by atoms with Crippen molar-refractivity contribution in [2.45, 2.75) is 43.6 Å². The first-order chi connectivity index (χ1) is 12.7. The highest BCUT2D eigenvalue weighted by molar-refractivity contribution is 8.00. The number of hydrogen-bond donors (Lipinski definition) is 0. The lowest BCUT2D eigenvalue weighted by molar-refractivity contribution is 0.0530. The fourth-order valence-electron chi connectivity index (χ4n) is 3.23. The van der Waals surface area contributed by atoms with Crippen molar-refractivity contribution in [2.75, 3.05) is 6.61 Å². The molecule has 1 aliphatic rings. The molecule has 0 fully saturated rings. The molecule has 0 atom stereocenters. The fourth-order valence-corrected chi connectivity index (χ4v) is 6.11. The van der Waals surface area contributed by atoms with Crippen molar-refractivity contribution in [2.24, 2.45) is 5.41 Å². The Morgan fingerprint density at radius 3 is 2.78 bits per heavy atom. The number of carbonyl (C=O) groups excluding carboxylic acids is 2. The third-order valence-corrected chi connectivity index (χ3v) is 7.28. The highest BCUT2D eigenvalue weighted by Gasteiger charge is 2.38. The van der Waals surface area contributed by atoms with Gasteiger partial charge in [-0.25, -0.2) is 9.18 Å². The van der Waals surface area contributed by atoms with E-state index in [0.29, 0.717) is 33.9 Å². The highest BCUT2D eigenvalue weighted by atomic mass is 35.5. The number of benzene rings is 1. The van der Waals surface area contributed by atoms with Crippen LogP contribution >= 0.6 is 34.7 Å². The maximum Gasteiger partial charge on any atom is 0.348 e. The first-order valence-electron chi connectivity index (χ1n) is 8.65. The molecule has 0 unspecified atom stereocenters. The molecule has 0 bridgehead atoms. The van der Waals surface area contributed by atoms with E-state index in [1.165, 1.54) is 29.2 Å². The second kappa shape index (κ2) is 7.94. The molecule has 1 aromatic carbocycles. The summed E-state index contributed by atoms with van der Waals surface area (Å²) in [6, 6.07) is 4.56. The van der Waals surface area contributed by atoms with Crippen molar-refractivity contribution in [1.29, 1.82) is 0 Å². The van der Waals surface area contributed by atoms with Gasteiger partial charge < -0.3 is 4.74 Å². The molecule has 27 heavy (non-hydrogen) atoms. The normalized spacial score (nSPS) is 15.5. The van der Waals surface area contributed by atoms with E-state index in [2.05, 4.69) is 0 Å². The lowest BCUT2D eigenvalue weighted by Gasteiger charge is -2.29. The molecular weight excluding hydrogens is 407 g/mol. The maximum absolute atomic E-state index is 14.1. The Bertz CT molecular complexity index is 885. The molecule has 0 saturated heterocycles. The summed E-state index contributed by atoms with van der Waals surface area (Å²) in [5.74, 6) is -0.467. The highest BCUT2D eigenvalue weighted by Crippen LogP contribution is 2.46. The Kier molecular flexibility index (Phi) is 5.99. The zero-order valence-electron chi connectivity index (χ0n) is 15.4. The Morgan fingerprint density at radius 1 is 1.37 bits per heavy atom. The standard InChI is InChI=1S/C20H20ClFO3S2/c1-4-25-18(24)17-11-8-20(2,3)9-15(23)16(11)19(27-17)26-10-12-13(21)6-5-7-14(12)22/h5-7H,4,8-10H2,1-3H3. The van der Waals surface area contributed by atoms with Crippen LogP contribution in [0.3, 0.4) is 0 Å². The van der Waals surface area contributed by atoms with Gasteiger partial charge in [-0.05, 0) is 36.5 Å². The molecule has 2 aromatic rings. The summed E-state index contributed by atoms with van der Waals surface area (Å²) >= 11 is 8.71. The summed E-state index contributed by atoms with van der Waals surface area (Å²) < 4.78 is 20.0. The quantitative estimate of drug-likeness (QED) is 0.424. The van der Waals surface area contributed by atoms with Gasteiger partial charge in [-0.2, -0.15) is 0 Å². The topological polar surface area (TPSA) is 43.4 Å². The summed E-state index contributed by atoms with van der Waals surface area (Å²) in [5.41, 5.74) is 1.55. The number of thiophene rings is 1. The molecule has 0 radical (unpaired) electrons. The summed E-state index contributed by atoms with van der Waals surface area (Å²) in [6.45, 7) is 6.07. The minimum Gasteiger partial charge on any atom is -0.462 e. The molecule has 0 aliphatic heterocycles. The molecule has 3 rings (SSSR count). The van der Waals surface area contributed by atoms with Crippen LogP contribution in [0.15, 0.2) is 22.4 Å². The van der Waals surface area contributed by atoms with E-state index in [4.69, 9.17) is 16.3 Å². The number of carbonyl (C=O) groups is 2. The van der Waals surface area contributed by atoms with Crippen molar-refractivity contribution >= 4 is 46.5 Å². The number of thioether (sulfide) groups is 1. The average molecular weight is 427 g/mol. The number of rotatable bonds is 5. The van der Waals surface area contributed by atoms with Gasteiger partial charge in [0.1, 0.15) is 10.7 Å². The zero-order chi connectivity index (χ0) is 19.8. The first-order valence-corrected chi connectivity index (χ1v) is 10.8. The van der Waals surface area contributed by atoms with Crippen molar-refractivity contribution in [3.63, 3.8) is 0 Å². The van der Waals surface area contributed by atoms with Crippen LogP contribution in [0.4, 0.5) is 4.39 Å². The first kappa shape index (κ1) is 20.4. The lowest BCUT2D eigenvalue weighted by Crippen LogP contribution is -2.27. The van der Waals surface area contributed by atoms with Crippen LogP contribution in [0.5, 0.6) is 0 Å². The van der Waals surface area contributed by atoms with Gasteiger partial charge >= 0.3 is 5.97 Å². The molecule has 1 aromatic heterocycles. The van der Waals surface area contributed by atoms with Crippen LogP contribution in [0, 0.1) is 11.2 Å². The summed E-state index contributed by atoms with van der Waals surface area (Å²) in [7, 11) is 0. The molecule has 7 heteroatoms. The largest absolute Gasteiger partial charge is 0.462 e. The molecule has 1 aliphatic carbocycles. The summed E-state index contributed by atoms with van der Waals surface area (Å²) in [4.78, 5) is 25.7. The minimum absolute atomic E-state index is 0.0233. The lowest BCUT2D eigenvalue weighted by atomic mass is 9.74. The number of Topliss-reactive ketones (excluding diaryl/α,β-unsaturated/α-hetero) is 1. The van der Waals surface area contributed by atoms with Crippen LogP contribution < -0.4 is 0 Å². The number of ether oxygens (including phenoxy) is 1. The van der Waals surface area contributed by atoms with Crippen LogP contribution in [0.2, 0.25) is 5.02 Å². The number of halogens is 2. The van der Waals surface area contributed by atoms with Crippen molar-refractivity contribution in [1.82, 2.24) is 0 Å². The monoisotopic (exact) mass is 426 g/mol. The van der Waals surface area contributed by atoms with E-state index in [1.807, 2.05) is 13.8 Å². The number of fused-ring (bicyclic) bond motifs is 1. The van der Waals surface area contributed by atoms with E-state index in [9.17, 15) is 14.0 Å². The van der Waals surface area contributed by atoms with Crippen molar-refractivity contribution in [3.8, 4) is 0 Å². The summed E-state index contributed by atoms with van der Waals surface area (Å²) in [5, 5.41) is 0.353. The predicted molar refractivity (Wildman–Crippen MR) is 108 cm³/mol. The van der Waals surface area contributed by atoms with Crippen molar-refractivity contribution < 1.29 is 18.7 Å². The molecule has 3 nitrogen and oxygen atoms in total. The van der Waals surface area contributed by atoms with Crippen LogP contribution in [0.25, 0.3) is 0 Å². The minimum atomic E-state index is -0.403. The van der Waals surface area contributed by atoms with Gasteiger partial charge in [0, 0.05) is 28.3 Å². The second-order valence-electron chi connectivity index (χ2n) is 7.22. The smallest absolute Gasteiger partial charge is 0.348 e. The Balaban J connectivity index is 1.99. The number of esters is 1. The van der Waals surface area contributed by atoms with E-state index >= 15 is 0 Å². The molecule has 0 spiro atoms. The molecule has 144 valence electrons. The SMILES string of the molecule is CCOC(=O)c1sc(SCc2c(F)cccc2Cl)c2c1CC(C)(C)CC2=O. The molecule has 0 saturated carbocycles. The molecule has 0 N–H and O–H groups in total. The van der Waals surface area contributed by atoms with Gasteiger partial charge in [-0.15, -0.1) is 23.1 Å². The second-order valence-corrected chi connectivity index (χ2v) is 9.89. The Labute approximate surface area is 171 Å². The fraction of sp³-hybridized carbons (Fsp3) is 0.400. The Hall–Kier alpha value is -1.37. The van der Waals surface area contributed by atoms with Gasteiger partial charge in [0.05, 0.1) is 10.8 Å². The maximum atomic E-state index is 14.1. The van der Waals surface area contributed by atoms with E-state index in [1.54, 1.807) is 19.1 Å². The van der Waals surface area contributed by atoms with Gasteiger partial charge in [0.2, 0.25) is 0 Å². The molecule has 1 heterocycles.